The fourth-order valence-electron chi connectivity index (χ4n) is 3.90. The summed E-state index contributed by atoms with van der Waals surface area (Å²) in [5.74, 6) is 0. The molecular weight excluding hydrogens is 330 g/mol. The highest BCUT2D eigenvalue weighted by Crippen LogP contribution is 2.63. The van der Waals surface area contributed by atoms with Crippen molar-refractivity contribution in [3.05, 3.63) is 65.2 Å². The number of aryl methyl sites for hydroxylation is 1. The molecule has 0 unspecified atom stereocenters. The molecule has 0 aromatic heterocycles. The summed E-state index contributed by atoms with van der Waals surface area (Å²) < 4.78 is 23.0. The van der Waals surface area contributed by atoms with Crippen LogP contribution < -0.4 is 5.14 Å². The Kier molecular flexibility index (Phi) is 3.85. The number of hydrogen-bond donors (Lipinski definition) is 1. The van der Waals surface area contributed by atoms with E-state index < -0.39 is 10.0 Å². The summed E-state index contributed by atoms with van der Waals surface area (Å²) in [6.07, 6.45) is 5.85. The second-order valence-corrected chi connectivity index (χ2v) is 8.99. The maximum Gasteiger partial charge on any atom is 0.238 e. The van der Waals surface area contributed by atoms with Crippen LogP contribution in [0.3, 0.4) is 0 Å². The lowest BCUT2D eigenvalue weighted by molar-refractivity contribution is 0.568. The number of nitrogens with two attached hydrogens (primary N) is 1. The monoisotopic (exact) mass is 353 g/mol. The lowest BCUT2D eigenvalue weighted by atomic mass is 9.96. The lowest BCUT2D eigenvalue weighted by Gasteiger charge is -2.10. The number of hydrogen-bond acceptors (Lipinski definition) is 2. The number of sulfonamides is 1. The van der Waals surface area contributed by atoms with E-state index in [4.69, 9.17) is 5.14 Å². The normalized spacial score (nSPS) is 18.8. The molecule has 0 atom stereocenters. The maximum absolute atomic E-state index is 11.5. The molecule has 2 aromatic carbocycles. The van der Waals surface area contributed by atoms with E-state index in [1.54, 1.807) is 12.1 Å². The molecule has 1 saturated carbocycles. The van der Waals surface area contributed by atoms with Gasteiger partial charge in [-0.15, -0.1) is 0 Å². The molecule has 0 radical (unpaired) electrons. The van der Waals surface area contributed by atoms with Crippen LogP contribution in [0.15, 0.2) is 53.4 Å². The third kappa shape index (κ3) is 3.16. The van der Waals surface area contributed by atoms with Crippen molar-refractivity contribution in [2.75, 3.05) is 0 Å². The highest BCUT2D eigenvalue weighted by Gasteiger charge is 2.48. The van der Waals surface area contributed by atoms with Crippen LogP contribution in [0.25, 0.3) is 11.1 Å². The first-order valence-electron chi connectivity index (χ1n) is 8.85. The molecule has 25 heavy (non-hydrogen) atoms. The fraction of sp³-hybridized carbons (Fsp3) is 0.333. The van der Waals surface area contributed by atoms with E-state index in [0.29, 0.717) is 5.41 Å². The molecule has 4 rings (SSSR count). The van der Waals surface area contributed by atoms with Crippen LogP contribution in [0.1, 0.15) is 49.3 Å². The van der Waals surface area contributed by atoms with Crippen LogP contribution in [-0.2, 0) is 16.4 Å². The smallest absolute Gasteiger partial charge is 0.225 e. The quantitative estimate of drug-likeness (QED) is 0.886. The van der Waals surface area contributed by atoms with E-state index in [0.717, 1.165) is 24.8 Å². The summed E-state index contributed by atoms with van der Waals surface area (Å²) in [7, 11) is -3.64. The Bertz CT molecular complexity index is 934. The topological polar surface area (TPSA) is 60.2 Å². The molecule has 2 aromatic rings. The van der Waals surface area contributed by atoms with Crippen molar-refractivity contribution < 1.29 is 8.42 Å². The van der Waals surface area contributed by atoms with Gasteiger partial charge >= 0.3 is 0 Å². The van der Waals surface area contributed by atoms with Crippen LogP contribution in [0.5, 0.6) is 0 Å². The summed E-state index contributed by atoms with van der Waals surface area (Å²) in [5.41, 5.74) is 7.00. The zero-order chi connectivity index (χ0) is 17.7. The highest BCUT2D eigenvalue weighted by atomic mass is 32.2. The number of rotatable bonds is 4. The molecule has 0 aliphatic heterocycles. The third-order valence-corrected chi connectivity index (χ3v) is 6.60. The van der Waals surface area contributed by atoms with Crippen molar-refractivity contribution in [3.63, 3.8) is 0 Å². The van der Waals surface area contributed by atoms with Gasteiger partial charge in [0.15, 0.2) is 0 Å². The first-order valence-corrected chi connectivity index (χ1v) is 10.4. The number of allylic oxidation sites excluding steroid dienone is 2. The first kappa shape index (κ1) is 16.6. The molecule has 0 heterocycles. The zero-order valence-corrected chi connectivity index (χ0v) is 15.3. The predicted octanol–water partition coefficient (Wildman–Crippen LogP) is 4.38. The van der Waals surface area contributed by atoms with Crippen LogP contribution in [0, 0.1) is 5.41 Å². The van der Waals surface area contributed by atoms with Crippen molar-refractivity contribution in [1.82, 2.24) is 0 Å². The van der Waals surface area contributed by atoms with Crippen molar-refractivity contribution in [2.24, 2.45) is 10.6 Å². The van der Waals surface area contributed by atoms with Gasteiger partial charge in [-0.3, -0.25) is 0 Å². The minimum Gasteiger partial charge on any atom is -0.225 e. The van der Waals surface area contributed by atoms with E-state index in [1.165, 1.54) is 35.1 Å². The summed E-state index contributed by atoms with van der Waals surface area (Å²) in [4.78, 5) is 0.171. The highest BCUT2D eigenvalue weighted by molar-refractivity contribution is 7.89. The van der Waals surface area contributed by atoms with Crippen molar-refractivity contribution >= 4 is 21.2 Å². The summed E-state index contributed by atoms with van der Waals surface area (Å²) in [5, 5.41) is 5.22. The van der Waals surface area contributed by atoms with Gasteiger partial charge in [-0.1, -0.05) is 43.3 Å². The summed E-state index contributed by atoms with van der Waals surface area (Å²) >= 11 is 0. The first-order chi connectivity index (χ1) is 11.9. The van der Waals surface area contributed by atoms with Gasteiger partial charge in [0.2, 0.25) is 10.0 Å². The van der Waals surface area contributed by atoms with Gasteiger partial charge in [-0.2, -0.15) is 0 Å². The molecule has 0 saturated heterocycles. The Balaban J connectivity index is 1.75. The second kappa shape index (κ2) is 5.82. The van der Waals surface area contributed by atoms with Gasteiger partial charge in [-0.05, 0) is 77.5 Å². The van der Waals surface area contributed by atoms with E-state index in [1.807, 2.05) is 12.1 Å². The van der Waals surface area contributed by atoms with Crippen molar-refractivity contribution in [2.45, 2.75) is 43.9 Å². The van der Waals surface area contributed by atoms with Crippen LogP contribution in [-0.4, -0.2) is 8.42 Å². The van der Waals surface area contributed by atoms with E-state index in [2.05, 4.69) is 31.2 Å². The molecule has 1 spiro atoms. The van der Waals surface area contributed by atoms with Crippen LogP contribution in [0.2, 0.25) is 0 Å². The number of benzene rings is 2. The Labute approximate surface area is 149 Å². The molecule has 2 N–H and O–H groups in total. The molecule has 1 fully saturated rings. The molecule has 3 nitrogen and oxygen atoms in total. The van der Waals surface area contributed by atoms with E-state index >= 15 is 0 Å². The molecule has 2 aliphatic carbocycles. The lowest BCUT2D eigenvalue weighted by Crippen LogP contribution is -2.11. The average molecular weight is 353 g/mol. The molecule has 2 aliphatic rings. The van der Waals surface area contributed by atoms with E-state index in [-0.39, 0.29) is 4.90 Å². The van der Waals surface area contributed by atoms with Gasteiger partial charge in [0.05, 0.1) is 4.90 Å². The average Bonchev–Trinajstić information content (AvgIpc) is 3.25. The maximum atomic E-state index is 11.5. The summed E-state index contributed by atoms with van der Waals surface area (Å²) in [6, 6.07) is 15.9. The minimum atomic E-state index is -3.64. The Morgan fingerprint density at radius 1 is 0.880 bits per heavy atom. The molecule has 0 amide bonds. The molecule has 4 heteroatoms. The Morgan fingerprint density at radius 2 is 1.36 bits per heavy atom. The minimum absolute atomic E-state index is 0.171. The van der Waals surface area contributed by atoms with E-state index in [9.17, 15) is 8.42 Å². The van der Waals surface area contributed by atoms with Gasteiger partial charge in [0, 0.05) is 0 Å². The van der Waals surface area contributed by atoms with Crippen LogP contribution >= 0.6 is 0 Å². The standard InChI is InChI=1S/C21H23NO2S/c1-2-15-3-5-16(6-4-15)19-13-21(11-12-21)14-20(19)17-7-9-18(10-8-17)25(22,23)24/h3-10H,2,11-14H2,1H3,(H2,22,23,24). The zero-order valence-electron chi connectivity index (χ0n) is 14.5. The molecule has 130 valence electrons. The molecular formula is C21H23NO2S. The Morgan fingerprint density at radius 3 is 1.76 bits per heavy atom. The predicted molar refractivity (Wildman–Crippen MR) is 101 cm³/mol. The fourth-order valence-corrected chi connectivity index (χ4v) is 4.41. The van der Waals surface area contributed by atoms with Gasteiger partial charge < -0.3 is 0 Å². The summed E-state index contributed by atoms with van der Waals surface area (Å²) in [6.45, 7) is 2.17. The van der Waals surface area contributed by atoms with Gasteiger partial charge in [-0.25, -0.2) is 13.6 Å². The van der Waals surface area contributed by atoms with Gasteiger partial charge in [0.1, 0.15) is 0 Å². The van der Waals surface area contributed by atoms with Crippen molar-refractivity contribution in [3.8, 4) is 0 Å². The SMILES string of the molecule is CCc1ccc(C2=C(c3ccc(S(N)(=O)=O)cc3)CC3(CC3)C2)cc1. The van der Waals surface area contributed by atoms with Crippen LogP contribution in [0.4, 0.5) is 0 Å². The molecule has 0 bridgehead atoms. The largest absolute Gasteiger partial charge is 0.238 e. The second-order valence-electron chi connectivity index (χ2n) is 7.43. The third-order valence-electron chi connectivity index (χ3n) is 5.67. The number of primary sulfonamides is 1. The Hall–Kier alpha value is -1.91. The van der Waals surface area contributed by atoms with Gasteiger partial charge in [0.25, 0.3) is 0 Å². The van der Waals surface area contributed by atoms with Crippen molar-refractivity contribution in [1.29, 1.82) is 0 Å².